The predicted molar refractivity (Wildman–Crippen MR) is 87.7 cm³/mol. The Labute approximate surface area is 134 Å². The van der Waals surface area contributed by atoms with Crippen LogP contribution in [0.5, 0.6) is 0 Å². The number of urea groups is 1. The fourth-order valence-electron chi connectivity index (χ4n) is 1.98. The average Bonchev–Trinajstić information content (AvgIpc) is 2.57. The van der Waals surface area contributed by atoms with Crippen LogP contribution in [0.15, 0.2) is 48.5 Å². The molecule has 120 valence electrons. The minimum atomic E-state index is -0.427. The Morgan fingerprint density at radius 3 is 1.96 bits per heavy atom. The second-order valence-corrected chi connectivity index (χ2v) is 4.82. The molecule has 0 saturated carbocycles. The molecule has 2 amide bonds. The van der Waals surface area contributed by atoms with Crippen molar-refractivity contribution in [3.63, 3.8) is 0 Å². The van der Waals surface area contributed by atoms with Gasteiger partial charge in [0.2, 0.25) is 0 Å². The van der Waals surface area contributed by atoms with E-state index in [9.17, 15) is 9.59 Å². The SMILES string of the molecule is COC(=O)c1ccc(NC(=O)Nc2ccc(CCO)cc2)cc1. The van der Waals surface area contributed by atoms with E-state index >= 15 is 0 Å². The molecule has 23 heavy (non-hydrogen) atoms. The largest absolute Gasteiger partial charge is 0.465 e. The fourth-order valence-corrected chi connectivity index (χ4v) is 1.98. The number of ether oxygens (including phenoxy) is 1. The highest BCUT2D eigenvalue weighted by Gasteiger charge is 2.06. The van der Waals surface area contributed by atoms with Crippen molar-refractivity contribution in [2.24, 2.45) is 0 Å². The molecule has 2 aromatic rings. The molecule has 0 unspecified atom stereocenters. The Balaban J connectivity index is 1.92. The lowest BCUT2D eigenvalue weighted by molar-refractivity contribution is 0.0600. The van der Waals surface area contributed by atoms with Gasteiger partial charge in [-0.2, -0.15) is 0 Å². The number of aliphatic hydroxyl groups is 1. The minimum Gasteiger partial charge on any atom is -0.465 e. The molecule has 0 aliphatic carbocycles. The molecule has 0 radical (unpaired) electrons. The molecule has 0 aliphatic rings. The molecule has 0 aromatic heterocycles. The molecule has 2 aromatic carbocycles. The maximum atomic E-state index is 11.9. The summed E-state index contributed by atoms with van der Waals surface area (Å²) in [7, 11) is 1.31. The van der Waals surface area contributed by atoms with E-state index in [1.54, 1.807) is 36.4 Å². The molecular formula is C17H18N2O4. The highest BCUT2D eigenvalue weighted by molar-refractivity contribution is 6.00. The van der Waals surface area contributed by atoms with E-state index < -0.39 is 5.97 Å². The van der Waals surface area contributed by atoms with Crippen molar-refractivity contribution in [2.75, 3.05) is 24.4 Å². The number of hydrogen-bond donors (Lipinski definition) is 3. The summed E-state index contributed by atoms with van der Waals surface area (Å²) in [4.78, 5) is 23.2. The summed E-state index contributed by atoms with van der Waals surface area (Å²) in [5.74, 6) is -0.427. The Morgan fingerprint density at radius 2 is 1.48 bits per heavy atom. The van der Waals surface area contributed by atoms with Gasteiger partial charge in [-0.05, 0) is 48.4 Å². The van der Waals surface area contributed by atoms with Crippen molar-refractivity contribution in [1.82, 2.24) is 0 Å². The first-order valence-corrected chi connectivity index (χ1v) is 7.08. The van der Waals surface area contributed by atoms with Crippen LogP contribution in [0.25, 0.3) is 0 Å². The van der Waals surface area contributed by atoms with Crippen molar-refractivity contribution >= 4 is 23.4 Å². The Morgan fingerprint density at radius 1 is 0.957 bits per heavy atom. The molecule has 3 N–H and O–H groups in total. The van der Waals surface area contributed by atoms with Crippen LogP contribution in [0, 0.1) is 0 Å². The van der Waals surface area contributed by atoms with Crippen LogP contribution in [-0.2, 0) is 11.2 Å². The van der Waals surface area contributed by atoms with Crippen molar-refractivity contribution in [2.45, 2.75) is 6.42 Å². The van der Waals surface area contributed by atoms with Gasteiger partial charge in [0.05, 0.1) is 12.7 Å². The molecule has 0 fully saturated rings. The smallest absolute Gasteiger partial charge is 0.337 e. The second kappa shape index (κ2) is 7.95. The highest BCUT2D eigenvalue weighted by atomic mass is 16.5. The summed E-state index contributed by atoms with van der Waals surface area (Å²) in [6, 6.07) is 13.2. The first kappa shape index (κ1) is 16.5. The third-order valence-corrected chi connectivity index (χ3v) is 3.18. The quantitative estimate of drug-likeness (QED) is 0.740. The number of hydrogen-bond acceptors (Lipinski definition) is 4. The first-order valence-electron chi connectivity index (χ1n) is 7.08. The van der Waals surface area contributed by atoms with Crippen LogP contribution in [0.2, 0.25) is 0 Å². The normalized spacial score (nSPS) is 10.0. The van der Waals surface area contributed by atoms with Gasteiger partial charge < -0.3 is 20.5 Å². The number of nitrogens with one attached hydrogen (secondary N) is 2. The maximum Gasteiger partial charge on any atom is 0.337 e. The van der Waals surface area contributed by atoms with Crippen LogP contribution in [-0.4, -0.2) is 30.8 Å². The van der Waals surface area contributed by atoms with Gasteiger partial charge in [0.1, 0.15) is 0 Å². The third kappa shape index (κ3) is 4.82. The van der Waals surface area contributed by atoms with Gasteiger partial charge in [-0.15, -0.1) is 0 Å². The zero-order valence-electron chi connectivity index (χ0n) is 12.7. The Kier molecular flexibility index (Phi) is 5.71. The van der Waals surface area contributed by atoms with Gasteiger partial charge in [0, 0.05) is 18.0 Å². The summed E-state index contributed by atoms with van der Waals surface area (Å²) in [5.41, 5.74) is 2.62. The molecule has 6 heteroatoms. The topological polar surface area (TPSA) is 87.7 Å². The first-order chi connectivity index (χ1) is 11.1. The number of amides is 2. The lowest BCUT2D eigenvalue weighted by atomic mass is 10.1. The maximum absolute atomic E-state index is 11.9. The predicted octanol–water partition coefficient (Wildman–Crippen LogP) is 2.65. The highest BCUT2D eigenvalue weighted by Crippen LogP contribution is 2.13. The summed E-state index contributed by atoms with van der Waals surface area (Å²) in [5, 5.41) is 14.2. The van der Waals surface area contributed by atoms with Crippen LogP contribution in [0.3, 0.4) is 0 Å². The Hall–Kier alpha value is -2.86. The fraction of sp³-hybridized carbons (Fsp3) is 0.176. The van der Waals surface area contributed by atoms with Crippen molar-refractivity contribution in [3.05, 3.63) is 59.7 Å². The number of esters is 1. The molecule has 2 rings (SSSR count). The lowest BCUT2D eigenvalue weighted by Gasteiger charge is -2.09. The van der Waals surface area contributed by atoms with Crippen LogP contribution < -0.4 is 10.6 Å². The van der Waals surface area contributed by atoms with Gasteiger partial charge in [0.25, 0.3) is 0 Å². The van der Waals surface area contributed by atoms with E-state index in [-0.39, 0.29) is 12.6 Å². The van der Waals surface area contributed by atoms with Gasteiger partial charge in [-0.25, -0.2) is 9.59 Å². The number of carbonyl (C=O) groups is 2. The monoisotopic (exact) mass is 314 g/mol. The summed E-state index contributed by atoms with van der Waals surface area (Å²) in [6.07, 6.45) is 0.582. The molecule has 0 bridgehead atoms. The lowest BCUT2D eigenvalue weighted by Crippen LogP contribution is -2.19. The van der Waals surface area contributed by atoms with Crippen molar-refractivity contribution in [1.29, 1.82) is 0 Å². The second-order valence-electron chi connectivity index (χ2n) is 4.82. The zero-order chi connectivity index (χ0) is 16.7. The van der Waals surface area contributed by atoms with E-state index in [4.69, 9.17) is 5.11 Å². The molecule has 0 aliphatic heterocycles. The summed E-state index contributed by atoms with van der Waals surface area (Å²) < 4.78 is 4.61. The number of rotatable bonds is 5. The van der Waals surface area contributed by atoms with E-state index in [1.807, 2.05) is 12.1 Å². The molecule has 0 atom stereocenters. The van der Waals surface area contributed by atoms with Gasteiger partial charge in [-0.1, -0.05) is 12.1 Å². The van der Waals surface area contributed by atoms with Crippen molar-refractivity contribution in [3.8, 4) is 0 Å². The van der Waals surface area contributed by atoms with Gasteiger partial charge in [-0.3, -0.25) is 0 Å². The standard InChI is InChI=1S/C17H18N2O4/c1-23-16(21)13-4-8-15(9-5-13)19-17(22)18-14-6-2-12(3-7-14)10-11-20/h2-9,20H,10-11H2,1H3,(H2,18,19,22). The molecule has 6 nitrogen and oxygen atoms in total. The van der Waals surface area contributed by atoms with Gasteiger partial charge in [0.15, 0.2) is 0 Å². The summed E-state index contributed by atoms with van der Waals surface area (Å²) >= 11 is 0. The number of benzene rings is 2. The van der Waals surface area contributed by atoms with E-state index in [2.05, 4.69) is 15.4 Å². The molecule has 0 heterocycles. The number of aliphatic hydroxyl groups excluding tert-OH is 1. The number of methoxy groups -OCH3 is 1. The third-order valence-electron chi connectivity index (χ3n) is 3.18. The molecule has 0 spiro atoms. The minimum absolute atomic E-state index is 0.0921. The van der Waals surface area contributed by atoms with Crippen LogP contribution in [0.4, 0.5) is 16.2 Å². The number of anilines is 2. The molecular weight excluding hydrogens is 296 g/mol. The average molecular weight is 314 g/mol. The van der Waals surface area contributed by atoms with Crippen molar-refractivity contribution < 1.29 is 19.4 Å². The zero-order valence-corrected chi connectivity index (χ0v) is 12.7. The summed E-state index contributed by atoms with van der Waals surface area (Å²) in [6.45, 7) is 0.0921. The van der Waals surface area contributed by atoms with E-state index in [0.29, 0.717) is 23.4 Å². The van der Waals surface area contributed by atoms with Crippen LogP contribution in [0.1, 0.15) is 15.9 Å². The van der Waals surface area contributed by atoms with Gasteiger partial charge >= 0.3 is 12.0 Å². The number of carbonyl (C=O) groups excluding carboxylic acids is 2. The Bertz CT molecular complexity index is 666. The molecule has 0 saturated heterocycles. The van der Waals surface area contributed by atoms with E-state index in [1.165, 1.54) is 7.11 Å². The van der Waals surface area contributed by atoms with E-state index in [0.717, 1.165) is 5.56 Å². The van der Waals surface area contributed by atoms with Crippen LogP contribution >= 0.6 is 0 Å².